The molecule has 138 valence electrons. The predicted molar refractivity (Wildman–Crippen MR) is 97.1 cm³/mol. The molecule has 2 aromatic rings. The van der Waals surface area contributed by atoms with Crippen molar-refractivity contribution in [3.8, 4) is 0 Å². The Labute approximate surface area is 151 Å². The standard InChI is InChI=1S/C18H20FN3O3S/c1-12-2-7-16(8-17(12)18(23)21-11-13-9-20-10-13)26(24,25)22-15-5-3-14(19)4-6-15/h2-8,13,20,22H,9-11H2,1H3,(H,21,23). The number of sulfonamides is 1. The number of anilines is 1. The smallest absolute Gasteiger partial charge is 0.261 e. The van der Waals surface area contributed by atoms with E-state index in [-0.39, 0.29) is 16.5 Å². The molecule has 2 aromatic carbocycles. The Balaban J connectivity index is 1.78. The first-order valence-electron chi connectivity index (χ1n) is 8.23. The molecule has 0 bridgehead atoms. The van der Waals surface area contributed by atoms with Gasteiger partial charge in [0.15, 0.2) is 0 Å². The van der Waals surface area contributed by atoms with E-state index in [1.54, 1.807) is 13.0 Å². The minimum Gasteiger partial charge on any atom is -0.352 e. The first kappa shape index (κ1) is 18.3. The molecular weight excluding hydrogens is 357 g/mol. The molecule has 1 aliphatic rings. The molecule has 26 heavy (non-hydrogen) atoms. The number of amides is 1. The molecule has 1 fully saturated rings. The second kappa shape index (κ2) is 7.43. The van der Waals surface area contributed by atoms with Crippen molar-refractivity contribution in [1.82, 2.24) is 10.6 Å². The molecule has 6 nitrogen and oxygen atoms in total. The molecule has 8 heteroatoms. The summed E-state index contributed by atoms with van der Waals surface area (Å²) in [4.78, 5) is 12.4. The number of carbonyl (C=O) groups excluding carboxylic acids is 1. The Morgan fingerprint density at radius 1 is 1.19 bits per heavy atom. The Hall–Kier alpha value is -2.45. The summed E-state index contributed by atoms with van der Waals surface area (Å²) in [6, 6.07) is 9.40. The Bertz CT molecular complexity index is 910. The highest BCUT2D eigenvalue weighted by molar-refractivity contribution is 7.92. The maximum atomic E-state index is 13.0. The zero-order chi connectivity index (χ0) is 18.7. The van der Waals surface area contributed by atoms with E-state index in [0.29, 0.717) is 23.6 Å². The fourth-order valence-electron chi connectivity index (χ4n) is 2.57. The lowest BCUT2D eigenvalue weighted by molar-refractivity contribution is 0.0941. The summed E-state index contributed by atoms with van der Waals surface area (Å²) in [5.41, 5.74) is 1.25. The zero-order valence-electron chi connectivity index (χ0n) is 14.3. The van der Waals surface area contributed by atoms with Crippen LogP contribution in [0.15, 0.2) is 47.4 Å². The lowest BCUT2D eigenvalue weighted by Gasteiger charge is -2.27. The molecule has 0 aromatic heterocycles. The van der Waals surface area contributed by atoms with E-state index in [4.69, 9.17) is 0 Å². The highest BCUT2D eigenvalue weighted by Crippen LogP contribution is 2.20. The maximum Gasteiger partial charge on any atom is 0.261 e. The molecule has 1 heterocycles. The van der Waals surface area contributed by atoms with Gasteiger partial charge in [0.2, 0.25) is 0 Å². The minimum absolute atomic E-state index is 0.0251. The molecule has 1 aliphatic heterocycles. The number of aryl methyl sites for hydroxylation is 1. The van der Waals surface area contributed by atoms with Crippen molar-refractivity contribution >= 4 is 21.6 Å². The van der Waals surface area contributed by atoms with Crippen LogP contribution >= 0.6 is 0 Å². The number of hydrogen-bond donors (Lipinski definition) is 3. The summed E-state index contributed by atoms with van der Waals surface area (Å²) in [6.45, 7) is 4.05. The Kier molecular flexibility index (Phi) is 5.24. The van der Waals surface area contributed by atoms with Crippen LogP contribution < -0.4 is 15.4 Å². The largest absolute Gasteiger partial charge is 0.352 e. The van der Waals surface area contributed by atoms with E-state index in [1.807, 2.05) is 0 Å². The van der Waals surface area contributed by atoms with Crippen molar-refractivity contribution in [2.75, 3.05) is 24.4 Å². The van der Waals surface area contributed by atoms with Crippen molar-refractivity contribution in [2.24, 2.45) is 5.92 Å². The number of nitrogens with one attached hydrogen (secondary N) is 3. The van der Waals surface area contributed by atoms with E-state index >= 15 is 0 Å². The minimum atomic E-state index is -3.89. The third-order valence-corrected chi connectivity index (χ3v) is 5.66. The van der Waals surface area contributed by atoms with Crippen LogP contribution in [-0.2, 0) is 10.0 Å². The van der Waals surface area contributed by atoms with Gasteiger partial charge in [-0.05, 0) is 48.9 Å². The van der Waals surface area contributed by atoms with E-state index < -0.39 is 15.8 Å². The molecular formula is C18H20FN3O3S. The van der Waals surface area contributed by atoms with Gasteiger partial charge in [-0.15, -0.1) is 0 Å². The van der Waals surface area contributed by atoms with Crippen LogP contribution in [0.5, 0.6) is 0 Å². The third-order valence-electron chi connectivity index (χ3n) is 4.28. The average Bonchev–Trinajstić information content (AvgIpc) is 2.55. The molecule has 3 rings (SSSR count). The van der Waals surface area contributed by atoms with Crippen LogP contribution in [0.4, 0.5) is 10.1 Å². The van der Waals surface area contributed by atoms with Crippen LogP contribution in [0.2, 0.25) is 0 Å². The Morgan fingerprint density at radius 3 is 2.50 bits per heavy atom. The van der Waals surface area contributed by atoms with Crippen molar-refractivity contribution in [2.45, 2.75) is 11.8 Å². The van der Waals surface area contributed by atoms with Crippen LogP contribution in [0, 0.1) is 18.7 Å². The van der Waals surface area contributed by atoms with Gasteiger partial charge in [0.1, 0.15) is 5.82 Å². The van der Waals surface area contributed by atoms with Gasteiger partial charge in [0, 0.05) is 36.8 Å². The number of rotatable bonds is 6. The fraction of sp³-hybridized carbons (Fsp3) is 0.278. The molecule has 0 unspecified atom stereocenters. The number of hydrogen-bond acceptors (Lipinski definition) is 4. The molecule has 0 radical (unpaired) electrons. The normalized spacial score (nSPS) is 14.5. The summed E-state index contributed by atoms with van der Waals surface area (Å²) in [5.74, 6) is -0.344. The summed E-state index contributed by atoms with van der Waals surface area (Å²) in [5, 5.41) is 5.97. The highest BCUT2D eigenvalue weighted by atomic mass is 32.2. The summed E-state index contributed by atoms with van der Waals surface area (Å²) < 4.78 is 40.4. The number of benzene rings is 2. The number of halogens is 1. The third kappa shape index (κ3) is 4.20. The van der Waals surface area contributed by atoms with Crippen LogP contribution in [0.3, 0.4) is 0 Å². The van der Waals surface area contributed by atoms with Crippen LogP contribution in [0.1, 0.15) is 15.9 Å². The fourth-order valence-corrected chi connectivity index (χ4v) is 3.65. The quantitative estimate of drug-likeness (QED) is 0.717. The van der Waals surface area contributed by atoms with Gasteiger partial charge in [0.05, 0.1) is 4.90 Å². The van der Waals surface area contributed by atoms with Gasteiger partial charge in [0.25, 0.3) is 15.9 Å². The lowest BCUT2D eigenvalue weighted by atomic mass is 10.0. The maximum absolute atomic E-state index is 13.0. The van der Waals surface area contributed by atoms with Crippen molar-refractivity contribution in [3.63, 3.8) is 0 Å². The highest BCUT2D eigenvalue weighted by Gasteiger charge is 2.21. The summed E-state index contributed by atoms with van der Waals surface area (Å²) in [7, 11) is -3.89. The van der Waals surface area contributed by atoms with Crippen LogP contribution in [0.25, 0.3) is 0 Å². The van der Waals surface area contributed by atoms with Crippen LogP contribution in [-0.4, -0.2) is 34.0 Å². The Morgan fingerprint density at radius 2 is 1.88 bits per heavy atom. The first-order chi connectivity index (χ1) is 12.3. The van der Waals surface area contributed by atoms with Crippen molar-refractivity contribution < 1.29 is 17.6 Å². The zero-order valence-corrected chi connectivity index (χ0v) is 15.1. The van der Waals surface area contributed by atoms with Gasteiger partial charge in [-0.3, -0.25) is 9.52 Å². The summed E-state index contributed by atoms with van der Waals surface area (Å²) in [6.07, 6.45) is 0. The average molecular weight is 377 g/mol. The van der Waals surface area contributed by atoms with Crippen molar-refractivity contribution in [3.05, 3.63) is 59.4 Å². The molecule has 0 spiro atoms. The van der Waals surface area contributed by atoms with Gasteiger partial charge < -0.3 is 10.6 Å². The van der Waals surface area contributed by atoms with Gasteiger partial charge in [-0.2, -0.15) is 0 Å². The van der Waals surface area contributed by atoms with E-state index in [2.05, 4.69) is 15.4 Å². The molecule has 0 atom stereocenters. The molecule has 1 amide bonds. The van der Waals surface area contributed by atoms with Crippen molar-refractivity contribution in [1.29, 1.82) is 0 Å². The lowest BCUT2D eigenvalue weighted by Crippen LogP contribution is -2.48. The monoisotopic (exact) mass is 377 g/mol. The van der Waals surface area contributed by atoms with E-state index in [9.17, 15) is 17.6 Å². The second-order valence-corrected chi connectivity index (χ2v) is 8.01. The topological polar surface area (TPSA) is 87.3 Å². The number of carbonyl (C=O) groups is 1. The first-order valence-corrected chi connectivity index (χ1v) is 9.71. The molecule has 0 saturated carbocycles. The van der Waals surface area contributed by atoms with E-state index in [1.165, 1.54) is 36.4 Å². The predicted octanol–water partition coefficient (Wildman–Crippen LogP) is 1.88. The summed E-state index contributed by atoms with van der Waals surface area (Å²) >= 11 is 0. The van der Waals surface area contributed by atoms with E-state index in [0.717, 1.165) is 13.1 Å². The second-order valence-electron chi connectivity index (χ2n) is 6.32. The SMILES string of the molecule is Cc1ccc(S(=O)(=O)Nc2ccc(F)cc2)cc1C(=O)NCC1CNC1. The molecule has 1 saturated heterocycles. The van der Waals surface area contributed by atoms with Gasteiger partial charge in [-0.1, -0.05) is 6.07 Å². The molecule has 3 N–H and O–H groups in total. The van der Waals surface area contributed by atoms with Gasteiger partial charge >= 0.3 is 0 Å². The molecule has 0 aliphatic carbocycles. The van der Waals surface area contributed by atoms with Gasteiger partial charge in [-0.25, -0.2) is 12.8 Å².